The number of hydrogen-bond donors (Lipinski definition) is 1. The normalized spacial score (nSPS) is 22.8. The van der Waals surface area contributed by atoms with Crippen LogP contribution in [0.25, 0.3) is 0 Å². The minimum atomic E-state index is -0.628. The minimum Gasteiger partial charge on any atom is -0.480 e. The molecule has 1 atom stereocenters. The summed E-state index contributed by atoms with van der Waals surface area (Å²) in [7, 11) is 1.98. The molecule has 1 aliphatic carbocycles. The summed E-state index contributed by atoms with van der Waals surface area (Å²) in [6.07, 6.45) is 7.09. The fourth-order valence-corrected chi connectivity index (χ4v) is 2.73. The minimum absolute atomic E-state index is 0.342. The molecule has 3 heteroatoms. The first-order chi connectivity index (χ1) is 7.54. The van der Waals surface area contributed by atoms with E-state index in [1.807, 2.05) is 7.05 Å². The summed E-state index contributed by atoms with van der Waals surface area (Å²) in [5.41, 5.74) is -0.605. The SMILES string of the molecule is CCC(C)N(C)C1(C(=O)O)CCCCCC1. The Labute approximate surface area is 98.8 Å². The Morgan fingerprint density at radius 2 is 1.81 bits per heavy atom. The summed E-state index contributed by atoms with van der Waals surface area (Å²) < 4.78 is 0. The van der Waals surface area contributed by atoms with Gasteiger partial charge in [0.2, 0.25) is 0 Å². The molecular formula is C13H25NO2. The van der Waals surface area contributed by atoms with Crippen molar-refractivity contribution in [3.63, 3.8) is 0 Å². The van der Waals surface area contributed by atoms with Gasteiger partial charge in [-0.25, -0.2) is 0 Å². The fourth-order valence-electron chi connectivity index (χ4n) is 2.73. The molecule has 0 aromatic heterocycles. The Kier molecular flexibility index (Phi) is 4.78. The van der Waals surface area contributed by atoms with Crippen LogP contribution in [-0.2, 0) is 4.79 Å². The van der Waals surface area contributed by atoms with Crippen LogP contribution in [0.3, 0.4) is 0 Å². The number of carbonyl (C=O) groups is 1. The van der Waals surface area contributed by atoms with E-state index in [0.717, 1.165) is 32.1 Å². The Balaban J connectivity index is 2.89. The lowest BCUT2D eigenvalue weighted by atomic mass is 9.87. The van der Waals surface area contributed by atoms with Crippen molar-refractivity contribution in [2.24, 2.45) is 0 Å². The Hall–Kier alpha value is -0.570. The quantitative estimate of drug-likeness (QED) is 0.751. The van der Waals surface area contributed by atoms with E-state index in [0.29, 0.717) is 6.04 Å². The molecule has 1 aliphatic rings. The standard InChI is InChI=1S/C13H25NO2/c1-4-11(2)14(3)13(12(15)16)9-7-5-6-8-10-13/h11H,4-10H2,1-3H3,(H,15,16). The third-order valence-corrected chi connectivity index (χ3v) is 4.26. The Morgan fingerprint density at radius 1 is 1.31 bits per heavy atom. The van der Waals surface area contributed by atoms with E-state index in [1.165, 1.54) is 12.8 Å². The second kappa shape index (κ2) is 5.67. The average molecular weight is 227 g/mol. The lowest BCUT2D eigenvalue weighted by molar-refractivity contribution is -0.153. The van der Waals surface area contributed by atoms with Crippen LogP contribution in [0.5, 0.6) is 0 Å². The van der Waals surface area contributed by atoms with Gasteiger partial charge < -0.3 is 5.11 Å². The zero-order valence-electron chi connectivity index (χ0n) is 10.8. The molecular weight excluding hydrogens is 202 g/mol. The first-order valence-corrected chi connectivity index (χ1v) is 6.51. The maximum absolute atomic E-state index is 11.6. The second-order valence-electron chi connectivity index (χ2n) is 5.12. The molecule has 0 heterocycles. The van der Waals surface area contributed by atoms with Crippen molar-refractivity contribution in [3.05, 3.63) is 0 Å². The summed E-state index contributed by atoms with van der Waals surface area (Å²) in [4.78, 5) is 13.7. The van der Waals surface area contributed by atoms with Crippen molar-refractivity contribution in [1.82, 2.24) is 4.90 Å². The first kappa shape index (κ1) is 13.5. The van der Waals surface area contributed by atoms with Crippen molar-refractivity contribution in [2.45, 2.75) is 70.4 Å². The van der Waals surface area contributed by atoms with Crippen molar-refractivity contribution < 1.29 is 9.90 Å². The van der Waals surface area contributed by atoms with Gasteiger partial charge in [0.1, 0.15) is 5.54 Å². The molecule has 16 heavy (non-hydrogen) atoms. The zero-order valence-corrected chi connectivity index (χ0v) is 10.8. The lowest BCUT2D eigenvalue weighted by Crippen LogP contribution is -2.55. The third kappa shape index (κ3) is 2.57. The molecule has 0 radical (unpaired) electrons. The fraction of sp³-hybridized carbons (Fsp3) is 0.923. The molecule has 1 fully saturated rings. The van der Waals surface area contributed by atoms with Gasteiger partial charge in [0, 0.05) is 6.04 Å². The number of hydrogen-bond acceptors (Lipinski definition) is 2. The molecule has 3 nitrogen and oxygen atoms in total. The van der Waals surface area contributed by atoms with E-state index in [9.17, 15) is 9.90 Å². The third-order valence-electron chi connectivity index (χ3n) is 4.26. The van der Waals surface area contributed by atoms with Gasteiger partial charge in [0.25, 0.3) is 0 Å². The van der Waals surface area contributed by atoms with Crippen LogP contribution in [-0.4, -0.2) is 34.6 Å². The number of aliphatic carboxylic acids is 1. The van der Waals surface area contributed by atoms with Gasteiger partial charge in [0.15, 0.2) is 0 Å². The Morgan fingerprint density at radius 3 is 2.19 bits per heavy atom. The molecule has 0 amide bonds. The molecule has 0 bridgehead atoms. The number of rotatable bonds is 4. The number of nitrogens with zero attached hydrogens (tertiary/aromatic N) is 1. The van der Waals surface area contributed by atoms with E-state index in [4.69, 9.17) is 0 Å². The van der Waals surface area contributed by atoms with E-state index in [1.54, 1.807) is 0 Å². The number of carboxylic acid groups (broad SMARTS) is 1. The topological polar surface area (TPSA) is 40.5 Å². The van der Waals surface area contributed by atoms with Gasteiger partial charge in [-0.05, 0) is 33.2 Å². The highest BCUT2D eigenvalue weighted by molar-refractivity contribution is 5.78. The summed E-state index contributed by atoms with van der Waals surface area (Å²) in [6.45, 7) is 4.24. The monoisotopic (exact) mass is 227 g/mol. The molecule has 1 saturated carbocycles. The van der Waals surface area contributed by atoms with Gasteiger partial charge in [-0.15, -0.1) is 0 Å². The van der Waals surface area contributed by atoms with Crippen molar-refractivity contribution in [1.29, 1.82) is 0 Å². The highest BCUT2D eigenvalue weighted by Crippen LogP contribution is 2.33. The van der Waals surface area contributed by atoms with Crippen LogP contribution in [0.15, 0.2) is 0 Å². The average Bonchev–Trinajstić information content (AvgIpc) is 2.53. The first-order valence-electron chi connectivity index (χ1n) is 6.51. The lowest BCUT2D eigenvalue weighted by Gasteiger charge is -2.41. The van der Waals surface area contributed by atoms with E-state index < -0.39 is 11.5 Å². The van der Waals surface area contributed by atoms with E-state index >= 15 is 0 Å². The molecule has 0 aromatic rings. The molecule has 1 unspecified atom stereocenters. The van der Waals surface area contributed by atoms with Gasteiger partial charge in [-0.2, -0.15) is 0 Å². The van der Waals surface area contributed by atoms with Crippen molar-refractivity contribution in [2.75, 3.05) is 7.05 Å². The van der Waals surface area contributed by atoms with Gasteiger partial charge in [0.05, 0.1) is 0 Å². The molecule has 0 saturated heterocycles. The van der Waals surface area contributed by atoms with E-state index in [-0.39, 0.29) is 0 Å². The van der Waals surface area contributed by atoms with Crippen LogP contribution in [0.1, 0.15) is 58.8 Å². The van der Waals surface area contributed by atoms with E-state index in [2.05, 4.69) is 18.7 Å². The van der Waals surface area contributed by atoms with Gasteiger partial charge in [-0.1, -0.05) is 32.6 Å². The summed E-state index contributed by atoms with van der Waals surface area (Å²) >= 11 is 0. The predicted molar refractivity (Wildman–Crippen MR) is 65.6 cm³/mol. The summed E-state index contributed by atoms with van der Waals surface area (Å²) in [5.74, 6) is -0.628. The highest BCUT2D eigenvalue weighted by atomic mass is 16.4. The maximum Gasteiger partial charge on any atom is 0.324 e. The largest absolute Gasteiger partial charge is 0.480 e. The van der Waals surface area contributed by atoms with Crippen LogP contribution < -0.4 is 0 Å². The molecule has 0 aliphatic heterocycles. The van der Waals surface area contributed by atoms with Crippen LogP contribution in [0, 0.1) is 0 Å². The van der Waals surface area contributed by atoms with Crippen LogP contribution >= 0.6 is 0 Å². The summed E-state index contributed by atoms with van der Waals surface area (Å²) in [6, 6.07) is 0.342. The summed E-state index contributed by atoms with van der Waals surface area (Å²) in [5, 5.41) is 9.59. The smallest absolute Gasteiger partial charge is 0.324 e. The Bertz CT molecular complexity index is 232. The second-order valence-corrected chi connectivity index (χ2v) is 5.12. The van der Waals surface area contributed by atoms with Crippen molar-refractivity contribution in [3.8, 4) is 0 Å². The molecule has 0 aromatic carbocycles. The molecule has 1 rings (SSSR count). The van der Waals surface area contributed by atoms with Crippen LogP contribution in [0.2, 0.25) is 0 Å². The highest BCUT2D eigenvalue weighted by Gasteiger charge is 2.43. The molecule has 1 N–H and O–H groups in total. The van der Waals surface area contributed by atoms with Crippen LogP contribution in [0.4, 0.5) is 0 Å². The number of likely N-dealkylation sites (N-methyl/N-ethyl adjacent to an activating group) is 1. The maximum atomic E-state index is 11.6. The molecule has 94 valence electrons. The number of carboxylic acids is 1. The predicted octanol–water partition coefficient (Wildman–Crippen LogP) is 2.89. The van der Waals surface area contributed by atoms with Gasteiger partial charge in [-0.3, -0.25) is 9.69 Å². The zero-order chi connectivity index (χ0) is 12.2. The molecule has 0 spiro atoms. The van der Waals surface area contributed by atoms with Gasteiger partial charge >= 0.3 is 5.97 Å². The van der Waals surface area contributed by atoms with Crippen molar-refractivity contribution >= 4 is 5.97 Å².